The molecule has 0 spiro atoms. The van der Waals surface area contributed by atoms with E-state index in [4.69, 9.17) is 0 Å². The van der Waals surface area contributed by atoms with Gasteiger partial charge in [0, 0.05) is 25.2 Å². The van der Waals surface area contributed by atoms with Crippen LogP contribution in [0.25, 0.3) is 0 Å². The lowest BCUT2D eigenvalue weighted by atomic mass is 10.1. The van der Waals surface area contributed by atoms with Crippen LogP contribution >= 0.6 is 0 Å². The second-order valence-electron chi connectivity index (χ2n) is 4.23. The SMILES string of the molecule is CNCc1cccc(C(=O)N2CCCC2)c1. The Morgan fingerprint density at radius 3 is 2.81 bits per heavy atom. The third-order valence-corrected chi connectivity index (χ3v) is 2.95. The number of benzene rings is 1. The second-order valence-corrected chi connectivity index (χ2v) is 4.23. The highest BCUT2D eigenvalue weighted by Gasteiger charge is 2.19. The van der Waals surface area contributed by atoms with E-state index in [1.807, 2.05) is 36.2 Å². The van der Waals surface area contributed by atoms with Crippen LogP contribution in [0.5, 0.6) is 0 Å². The first-order chi connectivity index (χ1) is 7.81. The highest BCUT2D eigenvalue weighted by Crippen LogP contribution is 2.13. The molecule has 1 amide bonds. The number of amides is 1. The molecule has 0 aromatic heterocycles. The van der Waals surface area contributed by atoms with Crippen molar-refractivity contribution in [1.29, 1.82) is 0 Å². The van der Waals surface area contributed by atoms with Crippen LogP contribution in [-0.4, -0.2) is 30.9 Å². The Kier molecular flexibility index (Phi) is 3.57. The van der Waals surface area contributed by atoms with Crippen LogP contribution in [0, 0.1) is 0 Å². The van der Waals surface area contributed by atoms with E-state index in [0.29, 0.717) is 0 Å². The number of nitrogens with one attached hydrogen (secondary N) is 1. The summed E-state index contributed by atoms with van der Waals surface area (Å²) in [4.78, 5) is 14.1. The topological polar surface area (TPSA) is 32.3 Å². The van der Waals surface area contributed by atoms with Gasteiger partial charge in [-0.1, -0.05) is 12.1 Å². The largest absolute Gasteiger partial charge is 0.339 e. The van der Waals surface area contributed by atoms with E-state index in [1.165, 1.54) is 0 Å². The Morgan fingerprint density at radius 2 is 2.12 bits per heavy atom. The van der Waals surface area contributed by atoms with Gasteiger partial charge in [-0.2, -0.15) is 0 Å². The molecule has 1 heterocycles. The zero-order valence-electron chi connectivity index (χ0n) is 9.70. The van der Waals surface area contributed by atoms with Gasteiger partial charge in [0.2, 0.25) is 0 Å². The number of likely N-dealkylation sites (tertiary alicyclic amines) is 1. The van der Waals surface area contributed by atoms with Gasteiger partial charge in [0.25, 0.3) is 5.91 Å². The molecule has 3 nitrogen and oxygen atoms in total. The summed E-state index contributed by atoms with van der Waals surface area (Å²) in [5, 5.41) is 3.09. The quantitative estimate of drug-likeness (QED) is 0.836. The zero-order valence-corrected chi connectivity index (χ0v) is 9.70. The first-order valence-electron chi connectivity index (χ1n) is 5.84. The molecule has 1 aromatic rings. The second kappa shape index (κ2) is 5.12. The molecule has 0 bridgehead atoms. The molecular weight excluding hydrogens is 200 g/mol. The summed E-state index contributed by atoms with van der Waals surface area (Å²) in [7, 11) is 1.91. The van der Waals surface area contributed by atoms with Gasteiger partial charge in [-0.3, -0.25) is 4.79 Å². The molecule has 0 unspecified atom stereocenters. The van der Waals surface area contributed by atoms with Crippen molar-refractivity contribution in [3.8, 4) is 0 Å². The highest BCUT2D eigenvalue weighted by atomic mass is 16.2. The predicted octanol–water partition coefficient (Wildman–Crippen LogP) is 1.64. The fraction of sp³-hybridized carbons (Fsp3) is 0.462. The number of carbonyl (C=O) groups excluding carboxylic acids is 1. The van der Waals surface area contributed by atoms with Crippen molar-refractivity contribution in [2.75, 3.05) is 20.1 Å². The van der Waals surface area contributed by atoms with Crippen LogP contribution in [0.1, 0.15) is 28.8 Å². The summed E-state index contributed by atoms with van der Waals surface area (Å²) in [5.74, 6) is 0.176. The predicted molar refractivity (Wildman–Crippen MR) is 64.3 cm³/mol. The van der Waals surface area contributed by atoms with E-state index in [0.717, 1.165) is 43.6 Å². The third-order valence-electron chi connectivity index (χ3n) is 2.95. The lowest BCUT2D eigenvalue weighted by Crippen LogP contribution is -2.27. The minimum atomic E-state index is 0.176. The number of hydrogen-bond acceptors (Lipinski definition) is 2. The average molecular weight is 218 g/mol. The zero-order chi connectivity index (χ0) is 11.4. The molecule has 1 fully saturated rings. The molecule has 1 aromatic carbocycles. The monoisotopic (exact) mass is 218 g/mol. The van der Waals surface area contributed by atoms with E-state index in [1.54, 1.807) is 0 Å². The van der Waals surface area contributed by atoms with Crippen molar-refractivity contribution in [3.05, 3.63) is 35.4 Å². The standard InChI is InChI=1S/C13H18N2O/c1-14-10-11-5-4-6-12(9-11)13(16)15-7-2-3-8-15/h4-6,9,14H,2-3,7-8,10H2,1H3. The van der Waals surface area contributed by atoms with Crippen molar-refractivity contribution in [2.24, 2.45) is 0 Å². The van der Waals surface area contributed by atoms with E-state index < -0.39 is 0 Å². The summed E-state index contributed by atoms with van der Waals surface area (Å²) in [6.07, 6.45) is 2.28. The van der Waals surface area contributed by atoms with Crippen molar-refractivity contribution >= 4 is 5.91 Å². The van der Waals surface area contributed by atoms with Crippen molar-refractivity contribution in [3.63, 3.8) is 0 Å². The van der Waals surface area contributed by atoms with Gasteiger partial charge in [0.15, 0.2) is 0 Å². The lowest BCUT2D eigenvalue weighted by molar-refractivity contribution is 0.0792. The summed E-state index contributed by atoms with van der Waals surface area (Å²) < 4.78 is 0. The average Bonchev–Trinajstić information content (AvgIpc) is 2.82. The number of carbonyl (C=O) groups is 1. The molecule has 1 aliphatic rings. The Bertz CT molecular complexity index is 370. The fourth-order valence-electron chi connectivity index (χ4n) is 2.12. The fourth-order valence-corrected chi connectivity index (χ4v) is 2.12. The summed E-state index contributed by atoms with van der Waals surface area (Å²) in [6.45, 7) is 2.63. The minimum Gasteiger partial charge on any atom is -0.339 e. The van der Waals surface area contributed by atoms with Crippen LogP contribution in [0.3, 0.4) is 0 Å². The molecule has 0 saturated carbocycles. The Labute approximate surface area is 96.5 Å². The van der Waals surface area contributed by atoms with Gasteiger partial charge in [0.1, 0.15) is 0 Å². The number of hydrogen-bond donors (Lipinski definition) is 1. The molecule has 86 valence electrons. The molecule has 1 aliphatic heterocycles. The molecule has 1 saturated heterocycles. The molecule has 2 rings (SSSR count). The van der Waals surface area contributed by atoms with Gasteiger partial charge in [-0.15, -0.1) is 0 Å². The van der Waals surface area contributed by atoms with Crippen molar-refractivity contribution in [1.82, 2.24) is 10.2 Å². The van der Waals surface area contributed by atoms with Crippen LogP contribution in [0.15, 0.2) is 24.3 Å². The molecule has 0 atom stereocenters. The maximum absolute atomic E-state index is 12.1. The molecule has 0 aliphatic carbocycles. The first-order valence-corrected chi connectivity index (χ1v) is 5.84. The third kappa shape index (κ3) is 2.42. The number of rotatable bonds is 3. The summed E-state index contributed by atoms with van der Waals surface area (Å²) in [6, 6.07) is 7.88. The molecular formula is C13H18N2O. The van der Waals surface area contributed by atoms with E-state index in [2.05, 4.69) is 5.32 Å². The smallest absolute Gasteiger partial charge is 0.253 e. The minimum absolute atomic E-state index is 0.176. The van der Waals surface area contributed by atoms with E-state index in [-0.39, 0.29) is 5.91 Å². The first kappa shape index (κ1) is 11.1. The summed E-state index contributed by atoms with van der Waals surface area (Å²) in [5.41, 5.74) is 1.97. The van der Waals surface area contributed by atoms with Crippen LogP contribution in [0.2, 0.25) is 0 Å². The van der Waals surface area contributed by atoms with Crippen molar-refractivity contribution in [2.45, 2.75) is 19.4 Å². The van der Waals surface area contributed by atoms with Gasteiger partial charge < -0.3 is 10.2 Å². The lowest BCUT2D eigenvalue weighted by Gasteiger charge is -2.15. The molecule has 16 heavy (non-hydrogen) atoms. The molecule has 0 radical (unpaired) electrons. The van der Waals surface area contributed by atoms with E-state index in [9.17, 15) is 4.79 Å². The van der Waals surface area contributed by atoms with Gasteiger partial charge in [0.05, 0.1) is 0 Å². The van der Waals surface area contributed by atoms with Gasteiger partial charge in [-0.25, -0.2) is 0 Å². The van der Waals surface area contributed by atoms with Crippen LogP contribution in [0.4, 0.5) is 0 Å². The van der Waals surface area contributed by atoms with Gasteiger partial charge >= 0.3 is 0 Å². The van der Waals surface area contributed by atoms with Crippen molar-refractivity contribution < 1.29 is 4.79 Å². The van der Waals surface area contributed by atoms with Crippen LogP contribution < -0.4 is 5.32 Å². The Morgan fingerprint density at radius 1 is 1.38 bits per heavy atom. The Hall–Kier alpha value is -1.35. The highest BCUT2D eigenvalue weighted by molar-refractivity contribution is 5.94. The molecule has 3 heteroatoms. The normalized spacial score (nSPS) is 15.4. The van der Waals surface area contributed by atoms with Crippen LogP contribution in [-0.2, 0) is 6.54 Å². The summed E-state index contributed by atoms with van der Waals surface area (Å²) >= 11 is 0. The maximum atomic E-state index is 12.1. The van der Waals surface area contributed by atoms with Gasteiger partial charge in [-0.05, 0) is 37.6 Å². The number of nitrogens with zero attached hydrogens (tertiary/aromatic N) is 1. The molecule has 1 N–H and O–H groups in total. The van der Waals surface area contributed by atoms with E-state index >= 15 is 0 Å². The maximum Gasteiger partial charge on any atom is 0.253 e. The Balaban J connectivity index is 2.12.